The van der Waals surface area contributed by atoms with Crippen molar-refractivity contribution in [3.63, 3.8) is 0 Å². The normalized spacial score (nSPS) is 11.0. The second-order valence-corrected chi connectivity index (χ2v) is 6.91. The maximum Gasteiger partial charge on any atom is 0.269 e. The van der Waals surface area contributed by atoms with Crippen molar-refractivity contribution >= 4 is 33.4 Å². The van der Waals surface area contributed by atoms with Crippen molar-refractivity contribution in [2.45, 2.75) is 11.8 Å². The Labute approximate surface area is 143 Å². The molecule has 2 amide bonds. The van der Waals surface area contributed by atoms with Gasteiger partial charge in [0, 0.05) is 16.1 Å². The number of hydrogen-bond donors (Lipinski definition) is 3. The lowest BCUT2D eigenvalue weighted by Crippen LogP contribution is -2.41. The highest BCUT2D eigenvalue weighted by atomic mass is 35.5. The van der Waals surface area contributed by atoms with E-state index in [2.05, 4.69) is 10.9 Å². The summed E-state index contributed by atoms with van der Waals surface area (Å²) >= 11 is 5.79. The quantitative estimate of drug-likeness (QED) is 0.710. The molecule has 0 heterocycles. The number of carbonyl (C=O) groups is 2. The SMILES string of the molecule is Cc1ccc(C(=O)NNC(=O)c2cccc(Cl)c2)cc1S(N)(=O)=O. The summed E-state index contributed by atoms with van der Waals surface area (Å²) in [7, 11) is -3.95. The second-order valence-electron chi connectivity index (χ2n) is 4.94. The van der Waals surface area contributed by atoms with Crippen LogP contribution in [-0.4, -0.2) is 20.2 Å². The van der Waals surface area contributed by atoms with Gasteiger partial charge in [-0.1, -0.05) is 23.7 Å². The molecule has 126 valence electrons. The predicted octanol–water partition coefficient (Wildman–Crippen LogP) is 1.37. The number of amides is 2. The van der Waals surface area contributed by atoms with E-state index in [0.29, 0.717) is 10.6 Å². The van der Waals surface area contributed by atoms with Gasteiger partial charge in [0.1, 0.15) is 0 Å². The molecule has 24 heavy (non-hydrogen) atoms. The van der Waals surface area contributed by atoms with Gasteiger partial charge in [0.05, 0.1) is 4.90 Å². The van der Waals surface area contributed by atoms with Crippen LogP contribution in [0.15, 0.2) is 47.4 Å². The first-order chi connectivity index (χ1) is 11.2. The van der Waals surface area contributed by atoms with E-state index in [1.54, 1.807) is 19.1 Å². The van der Waals surface area contributed by atoms with Gasteiger partial charge < -0.3 is 0 Å². The Morgan fingerprint density at radius 3 is 2.12 bits per heavy atom. The lowest BCUT2D eigenvalue weighted by Gasteiger charge is -2.09. The fourth-order valence-electron chi connectivity index (χ4n) is 1.94. The summed E-state index contributed by atoms with van der Waals surface area (Å²) < 4.78 is 23.0. The van der Waals surface area contributed by atoms with Gasteiger partial charge in [0.2, 0.25) is 10.0 Å². The summed E-state index contributed by atoms with van der Waals surface area (Å²) in [5, 5.41) is 5.48. The van der Waals surface area contributed by atoms with Crippen LogP contribution in [0.4, 0.5) is 0 Å². The highest BCUT2D eigenvalue weighted by Gasteiger charge is 2.16. The van der Waals surface area contributed by atoms with Crippen LogP contribution in [0, 0.1) is 6.92 Å². The molecule has 0 aliphatic heterocycles. The zero-order chi connectivity index (χ0) is 17.9. The van der Waals surface area contributed by atoms with E-state index in [0.717, 1.165) is 6.07 Å². The van der Waals surface area contributed by atoms with E-state index in [1.165, 1.54) is 24.3 Å². The molecule has 0 aromatic heterocycles. The molecule has 2 aromatic rings. The molecular weight excluding hydrogens is 354 g/mol. The minimum atomic E-state index is -3.95. The Morgan fingerprint density at radius 1 is 1.00 bits per heavy atom. The number of carbonyl (C=O) groups excluding carboxylic acids is 2. The summed E-state index contributed by atoms with van der Waals surface area (Å²) in [4.78, 5) is 23.8. The average Bonchev–Trinajstić information content (AvgIpc) is 2.51. The van der Waals surface area contributed by atoms with Crippen LogP contribution < -0.4 is 16.0 Å². The number of rotatable bonds is 3. The molecule has 0 bridgehead atoms. The molecule has 7 nitrogen and oxygen atoms in total. The fraction of sp³-hybridized carbons (Fsp3) is 0.0667. The van der Waals surface area contributed by atoms with E-state index in [1.807, 2.05) is 0 Å². The maximum atomic E-state index is 12.1. The summed E-state index contributed by atoms with van der Waals surface area (Å²) in [6, 6.07) is 10.2. The average molecular weight is 368 g/mol. The van der Waals surface area contributed by atoms with Crippen LogP contribution in [-0.2, 0) is 10.0 Å². The first-order valence-electron chi connectivity index (χ1n) is 6.68. The van der Waals surface area contributed by atoms with Crippen molar-refractivity contribution in [1.29, 1.82) is 0 Å². The predicted molar refractivity (Wildman–Crippen MR) is 88.9 cm³/mol. The number of hydrogen-bond acceptors (Lipinski definition) is 4. The Bertz CT molecular complexity index is 913. The molecule has 2 aromatic carbocycles. The van der Waals surface area contributed by atoms with Gasteiger partial charge >= 0.3 is 0 Å². The molecule has 0 aliphatic carbocycles. The summed E-state index contributed by atoms with van der Waals surface area (Å²) in [6.07, 6.45) is 0. The molecule has 0 saturated carbocycles. The van der Waals surface area contributed by atoms with Gasteiger partial charge in [-0.25, -0.2) is 13.6 Å². The van der Waals surface area contributed by atoms with E-state index in [9.17, 15) is 18.0 Å². The highest BCUT2D eigenvalue weighted by Crippen LogP contribution is 2.15. The molecule has 9 heteroatoms. The van der Waals surface area contributed by atoms with Crippen molar-refractivity contribution in [2.24, 2.45) is 5.14 Å². The zero-order valence-electron chi connectivity index (χ0n) is 12.5. The Balaban J connectivity index is 2.12. The fourth-order valence-corrected chi connectivity index (χ4v) is 2.93. The monoisotopic (exact) mass is 367 g/mol. The third kappa shape index (κ3) is 4.31. The van der Waals surface area contributed by atoms with E-state index < -0.39 is 21.8 Å². The number of sulfonamides is 1. The van der Waals surface area contributed by atoms with Crippen LogP contribution in [0.25, 0.3) is 0 Å². The molecule has 0 aliphatic rings. The van der Waals surface area contributed by atoms with Crippen LogP contribution in [0.5, 0.6) is 0 Å². The largest absolute Gasteiger partial charge is 0.269 e. The van der Waals surface area contributed by atoms with Gasteiger partial charge in [0.25, 0.3) is 11.8 Å². The number of nitrogens with two attached hydrogens (primary N) is 1. The third-order valence-electron chi connectivity index (χ3n) is 3.13. The molecular formula is C15H14ClN3O4S. The lowest BCUT2D eigenvalue weighted by molar-refractivity contribution is 0.0846. The van der Waals surface area contributed by atoms with Crippen molar-refractivity contribution in [3.05, 3.63) is 64.2 Å². The zero-order valence-corrected chi connectivity index (χ0v) is 14.1. The van der Waals surface area contributed by atoms with Gasteiger partial charge in [-0.3, -0.25) is 20.4 Å². The van der Waals surface area contributed by atoms with Crippen molar-refractivity contribution in [1.82, 2.24) is 10.9 Å². The van der Waals surface area contributed by atoms with Crippen LogP contribution in [0.2, 0.25) is 5.02 Å². The van der Waals surface area contributed by atoms with E-state index in [-0.39, 0.29) is 16.0 Å². The molecule has 0 atom stereocenters. The van der Waals surface area contributed by atoms with Crippen molar-refractivity contribution in [2.75, 3.05) is 0 Å². The smallest absolute Gasteiger partial charge is 0.267 e. The van der Waals surface area contributed by atoms with Gasteiger partial charge in [-0.15, -0.1) is 0 Å². The Kier molecular flexibility index (Phi) is 5.23. The molecule has 0 fully saturated rings. The standard InChI is InChI=1S/C15H14ClN3O4S/c1-9-5-6-11(8-13(9)24(17,22)23)15(21)19-18-14(20)10-3-2-4-12(16)7-10/h2-8H,1H3,(H,18,20)(H,19,21)(H2,17,22,23). The topological polar surface area (TPSA) is 118 Å². The van der Waals surface area contributed by atoms with Gasteiger partial charge in [0.15, 0.2) is 0 Å². The summed E-state index contributed by atoms with van der Waals surface area (Å²) in [5.74, 6) is -1.25. The summed E-state index contributed by atoms with van der Waals surface area (Å²) in [6.45, 7) is 1.56. The van der Waals surface area contributed by atoms with Crippen LogP contribution >= 0.6 is 11.6 Å². The second kappa shape index (κ2) is 7.00. The third-order valence-corrected chi connectivity index (χ3v) is 4.42. The number of nitrogens with one attached hydrogen (secondary N) is 2. The molecule has 0 saturated heterocycles. The van der Waals surface area contributed by atoms with Crippen molar-refractivity contribution in [3.8, 4) is 0 Å². The lowest BCUT2D eigenvalue weighted by atomic mass is 10.1. The molecule has 2 rings (SSSR count). The number of primary sulfonamides is 1. The van der Waals surface area contributed by atoms with Crippen LogP contribution in [0.1, 0.15) is 26.3 Å². The minimum Gasteiger partial charge on any atom is -0.267 e. The number of aryl methyl sites for hydroxylation is 1. The molecule has 0 spiro atoms. The first kappa shape index (κ1) is 17.9. The molecule has 4 N–H and O–H groups in total. The van der Waals surface area contributed by atoms with Crippen molar-refractivity contribution < 1.29 is 18.0 Å². The maximum absolute atomic E-state index is 12.1. The van der Waals surface area contributed by atoms with Crippen LogP contribution in [0.3, 0.4) is 0 Å². The first-order valence-corrected chi connectivity index (χ1v) is 8.60. The van der Waals surface area contributed by atoms with E-state index in [4.69, 9.17) is 16.7 Å². The Morgan fingerprint density at radius 2 is 1.58 bits per heavy atom. The number of benzene rings is 2. The van der Waals surface area contributed by atoms with Gasteiger partial charge in [-0.2, -0.15) is 0 Å². The number of hydrazine groups is 1. The van der Waals surface area contributed by atoms with E-state index >= 15 is 0 Å². The highest BCUT2D eigenvalue weighted by molar-refractivity contribution is 7.89. The number of halogens is 1. The summed E-state index contributed by atoms with van der Waals surface area (Å²) in [5.41, 5.74) is 5.13. The Hall–Kier alpha value is -2.42. The molecule has 0 radical (unpaired) electrons. The molecule has 0 unspecified atom stereocenters. The van der Waals surface area contributed by atoms with Gasteiger partial charge in [-0.05, 0) is 42.8 Å². The minimum absolute atomic E-state index is 0.0380.